The van der Waals surface area contributed by atoms with Crippen molar-refractivity contribution in [1.82, 2.24) is 25.0 Å². The van der Waals surface area contributed by atoms with Gasteiger partial charge < -0.3 is 9.80 Å². The van der Waals surface area contributed by atoms with Crippen LogP contribution >= 0.6 is 23.5 Å². The van der Waals surface area contributed by atoms with Crippen LogP contribution in [0.3, 0.4) is 0 Å². The van der Waals surface area contributed by atoms with Crippen LogP contribution in [-0.2, 0) is 9.59 Å². The first-order chi connectivity index (χ1) is 10.6. The average molecular weight is 341 g/mol. The number of carbonyl (C=O) groups excluding carboxylic acids is 2. The topological polar surface area (TPSA) is 82.2 Å². The van der Waals surface area contributed by atoms with E-state index in [0.717, 1.165) is 18.7 Å². The molecule has 22 heavy (non-hydrogen) atoms. The lowest BCUT2D eigenvalue weighted by molar-refractivity contribution is -0.141. The highest BCUT2D eigenvalue weighted by Crippen LogP contribution is 2.29. The Morgan fingerprint density at radius 2 is 2.27 bits per heavy atom. The third-order valence-corrected chi connectivity index (χ3v) is 5.68. The molecule has 120 valence electrons. The van der Waals surface area contributed by atoms with Crippen LogP contribution in [0.5, 0.6) is 0 Å². The molecule has 1 N–H and O–H groups in total. The first kappa shape index (κ1) is 15.7. The van der Waals surface area contributed by atoms with E-state index in [4.69, 9.17) is 0 Å². The highest BCUT2D eigenvalue weighted by Gasteiger charge is 2.39. The number of amides is 2. The molecule has 2 amide bonds. The Bertz CT molecular complexity index is 575. The Morgan fingerprint density at radius 1 is 1.50 bits per heavy atom. The molecule has 1 aliphatic carbocycles. The first-order valence-electron chi connectivity index (χ1n) is 7.22. The molecule has 3 rings (SSSR count). The molecule has 2 aliphatic rings. The van der Waals surface area contributed by atoms with E-state index in [0.29, 0.717) is 22.8 Å². The van der Waals surface area contributed by atoms with Gasteiger partial charge in [-0.15, -0.1) is 16.9 Å². The molecule has 2 heterocycles. The first-order valence-corrected chi connectivity index (χ1v) is 9.36. The average Bonchev–Trinajstić information content (AvgIpc) is 3.09. The zero-order valence-electron chi connectivity index (χ0n) is 12.6. The fourth-order valence-electron chi connectivity index (χ4n) is 2.37. The number of hydrogen-bond acceptors (Lipinski definition) is 6. The molecule has 1 unspecified atom stereocenters. The molecule has 1 aromatic heterocycles. The fraction of sp³-hybridized carbons (Fsp3) is 0.692. The molecular weight excluding hydrogens is 322 g/mol. The van der Waals surface area contributed by atoms with Crippen LogP contribution in [0.25, 0.3) is 0 Å². The Labute approximate surface area is 137 Å². The van der Waals surface area contributed by atoms with Gasteiger partial charge in [0.15, 0.2) is 0 Å². The van der Waals surface area contributed by atoms with Crippen LogP contribution < -0.4 is 0 Å². The van der Waals surface area contributed by atoms with Gasteiger partial charge in [0, 0.05) is 18.8 Å². The van der Waals surface area contributed by atoms with E-state index >= 15 is 0 Å². The third kappa shape index (κ3) is 3.40. The van der Waals surface area contributed by atoms with Gasteiger partial charge in [0.2, 0.25) is 17.0 Å². The Morgan fingerprint density at radius 3 is 2.91 bits per heavy atom. The van der Waals surface area contributed by atoms with E-state index in [2.05, 4.69) is 15.2 Å². The minimum Gasteiger partial charge on any atom is -0.341 e. The van der Waals surface area contributed by atoms with Crippen molar-refractivity contribution in [2.45, 2.75) is 37.0 Å². The molecule has 7 nitrogen and oxygen atoms in total. The van der Waals surface area contributed by atoms with Gasteiger partial charge in [0.1, 0.15) is 11.9 Å². The van der Waals surface area contributed by atoms with Crippen molar-refractivity contribution in [2.75, 3.05) is 24.4 Å². The summed E-state index contributed by atoms with van der Waals surface area (Å²) in [5.41, 5.74) is 0. The molecule has 0 radical (unpaired) electrons. The summed E-state index contributed by atoms with van der Waals surface area (Å²) in [6, 6.07) is 0.0539. The monoisotopic (exact) mass is 341 g/mol. The van der Waals surface area contributed by atoms with E-state index in [1.165, 1.54) is 11.8 Å². The highest BCUT2D eigenvalue weighted by atomic mass is 32.2. The zero-order valence-corrected chi connectivity index (χ0v) is 14.2. The number of thioether (sulfide) groups is 2. The number of carbonyl (C=O) groups is 2. The molecule has 2 fully saturated rings. The lowest BCUT2D eigenvalue weighted by atomic mass is 10.2. The number of H-pyrrole nitrogens is 1. The predicted molar refractivity (Wildman–Crippen MR) is 85.6 cm³/mol. The number of hydrogen-bond donors (Lipinski definition) is 1. The number of aromatic nitrogens is 3. The van der Waals surface area contributed by atoms with Gasteiger partial charge in [0.25, 0.3) is 0 Å². The summed E-state index contributed by atoms with van der Waals surface area (Å²) in [7, 11) is 1.84. The van der Waals surface area contributed by atoms with Crippen molar-refractivity contribution >= 4 is 35.3 Å². The Balaban J connectivity index is 1.57. The van der Waals surface area contributed by atoms with Gasteiger partial charge in [-0.05, 0) is 19.8 Å². The van der Waals surface area contributed by atoms with E-state index < -0.39 is 0 Å². The fourth-order valence-corrected chi connectivity index (χ4v) is 4.27. The maximum absolute atomic E-state index is 12.5. The van der Waals surface area contributed by atoms with Crippen molar-refractivity contribution in [2.24, 2.45) is 0 Å². The van der Waals surface area contributed by atoms with Gasteiger partial charge in [0.05, 0.1) is 11.6 Å². The molecule has 1 saturated carbocycles. The minimum atomic E-state index is -0.322. The smallest absolute Gasteiger partial charge is 0.246 e. The van der Waals surface area contributed by atoms with Gasteiger partial charge in [-0.3, -0.25) is 14.7 Å². The van der Waals surface area contributed by atoms with E-state index in [9.17, 15) is 9.59 Å². The van der Waals surface area contributed by atoms with E-state index in [1.54, 1.807) is 16.7 Å². The summed E-state index contributed by atoms with van der Waals surface area (Å²) in [5, 5.41) is 7.32. The molecule has 0 aromatic carbocycles. The third-order valence-electron chi connectivity index (χ3n) is 3.83. The Kier molecular flexibility index (Phi) is 4.62. The summed E-state index contributed by atoms with van der Waals surface area (Å²) in [6.45, 7) is 1.82. The van der Waals surface area contributed by atoms with Crippen molar-refractivity contribution in [3.05, 3.63) is 5.82 Å². The summed E-state index contributed by atoms with van der Waals surface area (Å²) in [5.74, 6) is 2.30. The van der Waals surface area contributed by atoms with Crippen LogP contribution in [-0.4, -0.2) is 73.3 Å². The largest absolute Gasteiger partial charge is 0.341 e. The lowest BCUT2D eigenvalue weighted by Gasteiger charge is -2.27. The molecule has 1 atom stereocenters. The van der Waals surface area contributed by atoms with E-state index in [-0.39, 0.29) is 23.6 Å². The van der Waals surface area contributed by atoms with Gasteiger partial charge in [-0.25, -0.2) is 4.98 Å². The van der Waals surface area contributed by atoms with Crippen molar-refractivity contribution in [1.29, 1.82) is 0 Å². The summed E-state index contributed by atoms with van der Waals surface area (Å²) >= 11 is 2.93. The molecule has 1 aliphatic heterocycles. The highest BCUT2D eigenvalue weighted by molar-refractivity contribution is 8.00. The van der Waals surface area contributed by atoms with E-state index in [1.807, 2.05) is 18.9 Å². The number of nitrogens with one attached hydrogen (secondary N) is 1. The van der Waals surface area contributed by atoms with Gasteiger partial charge in [-0.2, -0.15) is 0 Å². The molecular formula is C13H19N5O2S2. The number of likely N-dealkylation sites (N-methyl/N-ethyl adjacent to an activating group) is 1. The Hall–Kier alpha value is -1.22. The second kappa shape index (κ2) is 6.49. The maximum Gasteiger partial charge on any atom is 0.246 e. The van der Waals surface area contributed by atoms with Crippen LogP contribution in [0.4, 0.5) is 0 Å². The van der Waals surface area contributed by atoms with Gasteiger partial charge in [-0.1, -0.05) is 11.8 Å². The zero-order chi connectivity index (χ0) is 15.7. The molecule has 1 aromatic rings. The number of nitrogens with zero attached hydrogens (tertiary/aromatic N) is 4. The minimum absolute atomic E-state index is 0.0278. The second-order valence-electron chi connectivity index (χ2n) is 5.55. The molecule has 9 heteroatoms. The standard InChI is InChI=1S/C13H19N5O2S2/c1-8-14-13(16-15-8)22-6-11(19)18-7-21-5-10(18)12(20)17(2)9-3-4-9/h9-10H,3-7H2,1-2H3,(H,14,15,16). The number of aryl methyl sites for hydroxylation is 1. The summed E-state index contributed by atoms with van der Waals surface area (Å²) in [4.78, 5) is 32.6. The summed E-state index contributed by atoms with van der Waals surface area (Å²) in [6.07, 6.45) is 2.16. The van der Waals surface area contributed by atoms with Crippen molar-refractivity contribution in [3.8, 4) is 0 Å². The molecule has 1 saturated heterocycles. The molecule has 0 spiro atoms. The van der Waals surface area contributed by atoms with Crippen LogP contribution in [0.15, 0.2) is 5.16 Å². The lowest BCUT2D eigenvalue weighted by Crippen LogP contribution is -2.48. The SMILES string of the molecule is Cc1nc(SCC(=O)N2CSCC2C(=O)N(C)C2CC2)n[nH]1. The van der Waals surface area contributed by atoms with Crippen LogP contribution in [0.2, 0.25) is 0 Å². The van der Waals surface area contributed by atoms with Crippen molar-refractivity contribution in [3.63, 3.8) is 0 Å². The number of aromatic amines is 1. The number of rotatable bonds is 5. The van der Waals surface area contributed by atoms with Crippen molar-refractivity contribution < 1.29 is 9.59 Å². The molecule has 0 bridgehead atoms. The normalized spacial score (nSPS) is 21.2. The van der Waals surface area contributed by atoms with Crippen LogP contribution in [0, 0.1) is 6.92 Å². The second-order valence-corrected chi connectivity index (χ2v) is 7.49. The predicted octanol–water partition coefficient (Wildman–Crippen LogP) is 0.728. The van der Waals surface area contributed by atoms with Crippen LogP contribution in [0.1, 0.15) is 18.7 Å². The van der Waals surface area contributed by atoms with Gasteiger partial charge >= 0.3 is 0 Å². The quantitative estimate of drug-likeness (QED) is 0.795. The maximum atomic E-state index is 12.5. The summed E-state index contributed by atoms with van der Waals surface area (Å²) < 4.78 is 0.